The third-order valence-electron chi connectivity index (χ3n) is 2.43. The Kier molecular flexibility index (Phi) is 3.54. The van der Waals surface area contributed by atoms with E-state index in [0.29, 0.717) is 5.69 Å². The predicted molar refractivity (Wildman–Crippen MR) is 72.3 cm³/mol. The highest BCUT2D eigenvalue weighted by Gasteiger charge is 2.06. The summed E-state index contributed by atoms with van der Waals surface area (Å²) >= 11 is 1.63. The Morgan fingerprint density at radius 2 is 1.76 bits per heavy atom. The largest absolute Gasteiger partial charge is 0.395 e. The van der Waals surface area contributed by atoms with Crippen molar-refractivity contribution < 1.29 is 4.39 Å². The van der Waals surface area contributed by atoms with Gasteiger partial charge in [0.05, 0.1) is 17.1 Å². The highest BCUT2D eigenvalue weighted by molar-refractivity contribution is 7.98. The van der Waals surface area contributed by atoms with E-state index in [1.165, 1.54) is 6.07 Å². The Bertz CT molecular complexity index is 529. The number of hydrogen-bond acceptors (Lipinski definition) is 3. The van der Waals surface area contributed by atoms with Gasteiger partial charge in [-0.15, -0.1) is 11.8 Å². The highest BCUT2D eigenvalue weighted by Crippen LogP contribution is 2.30. The molecule has 2 aromatic rings. The second kappa shape index (κ2) is 5.10. The lowest BCUT2D eigenvalue weighted by Crippen LogP contribution is -1.99. The summed E-state index contributed by atoms with van der Waals surface area (Å²) in [6, 6.07) is 12.6. The number of rotatable bonds is 3. The van der Waals surface area contributed by atoms with Gasteiger partial charge in [0.2, 0.25) is 0 Å². The fourth-order valence-corrected chi connectivity index (χ4v) is 2.09. The Labute approximate surface area is 104 Å². The zero-order valence-corrected chi connectivity index (χ0v) is 10.2. The molecule has 2 rings (SSSR count). The molecule has 88 valence electrons. The second-order valence-corrected chi connectivity index (χ2v) is 4.37. The summed E-state index contributed by atoms with van der Waals surface area (Å²) in [5.41, 5.74) is 7.34. The van der Waals surface area contributed by atoms with Crippen molar-refractivity contribution in [3.63, 3.8) is 0 Å². The number of para-hydroxylation sites is 2. The zero-order chi connectivity index (χ0) is 12.3. The van der Waals surface area contributed by atoms with Gasteiger partial charge in [-0.25, -0.2) is 4.39 Å². The van der Waals surface area contributed by atoms with Crippen molar-refractivity contribution in [2.75, 3.05) is 17.3 Å². The van der Waals surface area contributed by atoms with Gasteiger partial charge >= 0.3 is 0 Å². The third kappa shape index (κ3) is 2.53. The molecule has 0 saturated heterocycles. The maximum absolute atomic E-state index is 13.3. The van der Waals surface area contributed by atoms with Gasteiger partial charge in [0.25, 0.3) is 0 Å². The molecule has 4 heteroatoms. The summed E-state index contributed by atoms with van der Waals surface area (Å²) in [4.78, 5) is 1.09. The van der Waals surface area contributed by atoms with Crippen LogP contribution in [0.25, 0.3) is 0 Å². The van der Waals surface area contributed by atoms with Crippen molar-refractivity contribution in [3.8, 4) is 0 Å². The molecule has 0 aliphatic heterocycles. The number of nitrogen functional groups attached to an aromatic ring is 1. The number of anilines is 3. The first-order valence-electron chi connectivity index (χ1n) is 5.16. The smallest absolute Gasteiger partial charge is 0.148 e. The Balaban J connectivity index is 2.35. The van der Waals surface area contributed by atoms with Crippen molar-refractivity contribution in [3.05, 3.63) is 48.3 Å². The maximum Gasteiger partial charge on any atom is 0.148 e. The first-order valence-corrected chi connectivity index (χ1v) is 6.39. The average molecular weight is 248 g/mol. The maximum atomic E-state index is 13.3. The molecule has 0 saturated carbocycles. The number of nitrogens with two attached hydrogens (primary N) is 1. The van der Waals surface area contributed by atoms with Crippen LogP contribution in [0.2, 0.25) is 0 Å². The van der Waals surface area contributed by atoms with E-state index < -0.39 is 5.82 Å². The van der Waals surface area contributed by atoms with Crippen LogP contribution in [0.1, 0.15) is 0 Å². The molecule has 0 unspecified atom stereocenters. The first-order chi connectivity index (χ1) is 8.22. The average Bonchev–Trinajstić information content (AvgIpc) is 2.35. The van der Waals surface area contributed by atoms with E-state index in [4.69, 9.17) is 5.73 Å². The number of thioether (sulfide) groups is 1. The van der Waals surface area contributed by atoms with E-state index in [0.717, 1.165) is 10.6 Å². The molecule has 17 heavy (non-hydrogen) atoms. The number of hydrogen-bond donors (Lipinski definition) is 2. The van der Waals surface area contributed by atoms with Gasteiger partial charge in [-0.1, -0.05) is 18.2 Å². The van der Waals surface area contributed by atoms with Crippen LogP contribution in [-0.4, -0.2) is 6.26 Å². The normalized spacial score (nSPS) is 10.2. The van der Waals surface area contributed by atoms with Crippen LogP contribution in [0.15, 0.2) is 47.4 Å². The van der Waals surface area contributed by atoms with Gasteiger partial charge < -0.3 is 11.1 Å². The summed E-state index contributed by atoms with van der Waals surface area (Å²) in [5.74, 6) is -0.406. The monoisotopic (exact) mass is 248 g/mol. The molecule has 2 aromatic carbocycles. The van der Waals surface area contributed by atoms with E-state index in [2.05, 4.69) is 5.32 Å². The van der Waals surface area contributed by atoms with Crippen LogP contribution in [0.4, 0.5) is 21.5 Å². The molecule has 0 heterocycles. The van der Waals surface area contributed by atoms with Crippen molar-refractivity contribution in [2.45, 2.75) is 4.90 Å². The number of nitrogens with one attached hydrogen (secondary N) is 1. The standard InChI is InChI=1S/C13H13FN2S/c1-17-12-8-3-2-6-10(12)16-11-7-4-5-9(14)13(11)15/h2-8,16H,15H2,1H3. The first kappa shape index (κ1) is 11.8. The van der Waals surface area contributed by atoms with Crippen molar-refractivity contribution in [2.24, 2.45) is 0 Å². The molecular formula is C13H13FN2S. The van der Waals surface area contributed by atoms with E-state index in [1.807, 2.05) is 30.5 Å². The molecule has 0 bridgehead atoms. The van der Waals surface area contributed by atoms with Crippen LogP contribution >= 0.6 is 11.8 Å². The fraction of sp³-hybridized carbons (Fsp3) is 0.0769. The summed E-state index contributed by atoms with van der Waals surface area (Å²) in [6.45, 7) is 0. The van der Waals surface area contributed by atoms with Gasteiger partial charge in [0.15, 0.2) is 0 Å². The molecule has 3 N–H and O–H groups in total. The highest BCUT2D eigenvalue weighted by atomic mass is 32.2. The Morgan fingerprint density at radius 3 is 2.53 bits per heavy atom. The quantitative estimate of drug-likeness (QED) is 0.639. The third-order valence-corrected chi connectivity index (χ3v) is 3.23. The van der Waals surface area contributed by atoms with Crippen LogP contribution in [0.3, 0.4) is 0 Å². The van der Waals surface area contributed by atoms with E-state index in [9.17, 15) is 4.39 Å². The van der Waals surface area contributed by atoms with Crippen molar-refractivity contribution in [1.82, 2.24) is 0 Å². The van der Waals surface area contributed by atoms with Gasteiger partial charge in [-0.2, -0.15) is 0 Å². The molecule has 0 spiro atoms. The molecule has 0 aromatic heterocycles. The fourth-order valence-electron chi connectivity index (χ4n) is 1.54. The second-order valence-electron chi connectivity index (χ2n) is 3.53. The van der Waals surface area contributed by atoms with Crippen molar-refractivity contribution >= 4 is 28.8 Å². The lowest BCUT2D eigenvalue weighted by Gasteiger charge is -2.12. The van der Waals surface area contributed by atoms with Crippen LogP contribution in [0, 0.1) is 5.82 Å². The Hall–Kier alpha value is -1.68. The Morgan fingerprint density at radius 1 is 1.06 bits per heavy atom. The summed E-state index contributed by atoms with van der Waals surface area (Å²) in [7, 11) is 0. The van der Waals surface area contributed by atoms with Gasteiger partial charge in [0.1, 0.15) is 5.82 Å². The molecular weight excluding hydrogens is 235 g/mol. The summed E-state index contributed by atoms with van der Waals surface area (Å²) in [5, 5.41) is 3.15. The number of halogens is 1. The number of benzene rings is 2. The molecule has 2 nitrogen and oxygen atoms in total. The molecule has 0 fully saturated rings. The molecule has 0 amide bonds. The topological polar surface area (TPSA) is 38.0 Å². The minimum absolute atomic E-state index is 0.142. The van der Waals surface area contributed by atoms with E-state index >= 15 is 0 Å². The van der Waals surface area contributed by atoms with Crippen LogP contribution in [0.5, 0.6) is 0 Å². The minimum Gasteiger partial charge on any atom is -0.395 e. The van der Waals surface area contributed by atoms with Gasteiger partial charge in [-0.3, -0.25) is 0 Å². The molecule has 0 aliphatic rings. The van der Waals surface area contributed by atoms with Crippen LogP contribution < -0.4 is 11.1 Å². The molecule has 0 radical (unpaired) electrons. The minimum atomic E-state index is -0.406. The van der Waals surface area contributed by atoms with Crippen molar-refractivity contribution in [1.29, 1.82) is 0 Å². The molecule has 0 aliphatic carbocycles. The lowest BCUT2D eigenvalue weighted by molar-refractivity contribution is 0.633. The lowest BCUT2D eigenvalue weighted by atomic mass is 10.2. The zero-order valence-electron chi connectivity index (χ0n) is 9.41. The van der Waals surface area contributed by atoms with Crippen LogP contribution in [-0.2, 0) is 0 Å². The van der Waals surface area contributed by atoms with Gasteiger partial charge in [-0.05, 0) is 30.5 Å². The van der Waals surface area contributed by atoms with E-state index in [-0.39, 0.29) is 5.69 Å². The summed E-state index contributed by atoms with van der Waals surface area (Å²) < 4.78 is 13.3. The van der Waals surface area contributed by atoms with Gasteiger partial charge in [0, 0.05) is 4.90 Å². The summed E-state index contributed by atoms with van der Waals surface area (Å²) in [6.07, 6.45) is 2.00. The molecule has 0 atom stereocenters. The van der Waals surface area contributed by atoms with E-state index in [1.54, 1.807) is 23.9 Å². The SMILES string of the molecule is CSc1ccccc1Nc1cccc(F)c1N. The predicted octanol–water partition coefficient (Wildman–Crippen LogP) is 3.87.